The van der Waals surface area contributed by atoms with Crippen molar-refractivity contribution in [2.45, 2.75) is 19.3 Å². The number of rotatable bonds is 7. The Morgan fingerprint density at radius 2 is 0.984 bits per heavy atom. The van der Waals surface area contributed by atoms with Crippen molar-refractivity contribution in [3.8, 4) is 50.2 Å². The molecular weight excluding hydrogens is 761 g/mol. The quantitative estimate of drug-likeness (QED) is 0.156. The topological polar surface area (TPSA) is 8.17 Å². The fourth-order valence-electron chi connectivity index (χ4n) is 10.5. The van der Waals surface area contributed by atoms with Gasteiger partial charge in [-0.05, 0) is 104 Å². The molecule has 11 aromatic rings. The Hall–Kier alpha value is -7.94. The van der Waals surface area contributed by atoms with E-state index < -0.39 is 0 Å². The zero-order valence-corrected chi connectivity index (χ0v) is 35.3. The van der Waals surface area contributed by atoms with Crippen LogP contribution in [0.25, 0.3) is 82.8 Å². The Bertz CT molecular complexity index is 3510. The Balaban J connectivity index is 1.16. The molecule has 2 nitrogen and oxygen atoms in total. The molecule has 0 bridgehead atoms. The van der Waals surface area contributed by atoms with E-state index in [1.54, 1.807) is 0 Å². The number of hydrogen-bond donors (Lipinski definition) is 0. The van der Waals surface area contributed by atoms with E-state index in [2.05, 4.69) is 254 Å². The molecule has 0 aliphatic heterocycles. The first-order valence-corrected chi connectivity index (χ1v) is 21.9. The molecule has 1 aliphatic rings. The summed E-state index contributed by atoms with van der Waals surface area (Å²) in [6, 6.07) is 84.5. The van der Waals surface area contributed by atoms with E-state index >= 15 is 0 Å². The zero-order valence-electron chi connectivity index (χ0n) is 35.3. The van der Waals surface area contributed by atoms with Gasteiger partial charge in [-0.15, -0.1) is 0 Å². The molecule has 0 saturated carbocycles. The SMILES string of the molecule is CC1(C)c2ccccc2-c2c1cc(-c1cccc3c(N(c4ccccc4)c4ccc(-c5ccccc5)cc4-c4ccccc4)cccc13)c1c3ccccc3n(-c3ccccc3)c21. The Morgan fingerprint density at radius 1 is 0.381 bits per heavy atom. The number of hydrogen-bond acceptors (Lipinski definition) is 1. The highest BCUT2D eigenvalue weighted by Gasteiger charge is 2.39. The van der Waals surface area contributed by atoms with Crippen molar-refractivity contribution in [1.29, 1.82) is 0 Å². The Kier molecular flexibility index (Phi) is 8.55. The third-order valence-electron chi connectivity index (χ3n) is 13.4. The summed E-state index contributed by atoms with van der Waals surface area (Å²) in [6.45, 7) is 4.80. The molecule has 10 aromatic carbocycles. The average Bonchev–Trinajstić information content (AvgIpc) is 3.81. The lowest BCUT2D eigenvalue weighted by Crippen LogP contribution is -2.15. The molecule has 1 aliphatic carbocycles. The van der Waals surface area contributed by atoms with Gasteiger partial charge in [0.1, 0.15) is 0 Å². The number of para-hydroxylation sites is 3. The van der Waals surface area contributed by atoms with Gasteiger partial charge in [0, 0.05) is 44.1 Å². The van der Waals surface area contributed by atoms with Gasteiger partial charge >= 0.3 is 0 Å². The van der Waals surface area contributed by atoms with Crippen LogP contribution in [0.4, 0.5) is 17.1 Å². The number of fused-ring (bicyclic) bond motifs is 8. The Labute approximate surface area is 368 Å². The van der Waals surface area contributed by atoms with Gasteiger partial charge in [-0.25, -0.2) is 0 Å². The van der Waals surface area contributed by atoms with Crippen LogP contribution in [0.3, 0.4) is 0 Å². The van der Waals surface area contributed by atoms with E-state index in [1.165, 1.54) is 88.2 Å². The molecule has 0 amide bonds. The van der Waals surface area contributed by atoms with Crippen LogP contribution >= 0.6 is 0 Å². The smallest absolute Gasteiger partial charge is 0.0628 e. The second-order valence-electron chi connectivity index (χ2n) is 17.2. The summed E-state index contributed by atoms with van der Waals surface area (Å²) >= 11 is 0. The van der Waals surface area contributed by atoms with E-state index in [0.29, 0.717) is 0 Å². The minimum atomic E-state index is -0.202. The van der Waals surface area contributed by atoms with Crippen LogP contribution in [0.5, 0.6) is 0 Å². The first kappa shape index (κ1) is 36.9. The van der Waals surface area contributed by atoms with E-state index in [0.717, 1.165) is 22.7 Å². The van der Waals surface area contributed by atoms with Crippen molar-refractivity contribution < 1.29 is 0 Å². The fraction of sp³-hybridized carbons (Fsp3) is 0.0492. The molecule has 0 fully saturated rings. The first-order valence-electron chi connectivity index (χ1n) is 21.9. The van der Waals surface area contributed by atoms with Crippen LogP contribution in [0.1, 0.15) is 25.0 Å². The molecule has 63 heavy (non-hydrogen) atoms. The lowest BCUT2D eigenvalue weighted by Gasteiger charge is -2.30. The lowest BCUT2D eigenvalue weighted by atomic mass is 9.80. The zero-order chi connectivity index (χ0) is 42.1. The van der Waals surface area contributed by atoms with Crippen LogP contribution in [0.2, 0.25) is 0 Å². The average molecular weight is 805 g/mol. The van der Waals surface area contributed by atoms with Crippen LogP contribution in [0, 0.1) is 0 Å². The van der Waals surface area contributed by atoms with Gasteiger partial charge in [0.25, 0.3) is 0 Å². The first-order chi connectivity index (χ1) is 31.1. The molecule has 0 N–H and O–H groups in total. The highest BCUT2D eigenvalue weighted by molar-refractivity contribution is 6.23. The molecule has 0 unspecified atom stereocenters. The summed E-state index contributed by atoms with van der Waals surface area (Å²) in [6.07, 6.45) is 0. The monoisotopic (exact) mass is 804 g/mol. The van der Waals surface area contributed by atoms with Crippen molar-refractivity contribution in [1.82, 2.24) is 4.57 Å². The molecule has 0 saturated heterocycles. The second-order valence-corrected chi connectivity index (χ2v) is 17.2. The van der Waals surface area contributed by atoms with Gasteiger partial charge in [-0.3, -0.25) is 0 Å². The van der Waals surface area contributed by atoms with Gasteiger partial charge < -0.3 is 9.47 Å². The van der Waals surface area contributed by atoms with Gasteiger partial charge in [-0.1, -0.05) is 190 Å². The summed E-state index contributed by atoms with van der Waals surface area (Å²) < 4.78 is 2.52. The van der Waals surface area contributed by atoms with E-state index in [1.807, 2.05) is 0 Å². The van der Waals surface area contributed by atoms with Gasteiger partial charge in [0.05, 0.1) is 22.4 Å². The van der Waals surface area contributed by atoms with Gasteiger partial charge in [0.2, 0.25) is 0 Å². The maximum Gasteiger partial charge on any atom is 0.0628 e. The Morgan fingerprint density at radius 3 is 1.76 bits per heavy atom. The largest absolute Gasteiger partial charge is 0.309 e. The van der Waals surface area contributed by atoms with E-state index in [-0.39, 0.29) is 5.41 Å². The van der Waals surface area contributed by atoms with Crippen molar-refractivity contribution in [3.05, 3.63) is 242 Å². The number of nitrogens with zero attached hydrogens (tertiary/aromatic N) is 2. The van der Waals surface area contributed by atoms with Crippen LogP contribution in [0.15, 0.2) is 231 Å². The van der Waals surface area contributed by atoms with Crippen molar-refractivity contribution >= 4 is 49.6 Å². The maximum absolute atomic E-state index is 2.53. The van der Waals surface area contributed by atoms with Gasteiger partial charge in [0.15, 0.2) is 0 Å². The van der Waals surface area contributed by atoms with Crippen LogP contribution in [-0.2, 0) is 5.41 Å². The third-order valence-corrected chi connectivity index (χ3v) is 13.4. The lowest BCUT2D eigenvalue weighted by molar-refractivity contribution is 0.661. The molecular formula is C61H44N2. The highest BCUT2D eigenvalue weighted by Crippen LogP contribution is 2.56. The van der Waals surface area contributed by atoms with Gasteiger partial charge in [-0.2, -0.15) is 0 Å². The molecule has 0 spiro atoms. The molecule has 0 radical (unpaired) electrons. The fourth-order valence-corrected chi connectivity index (χ4v) is 10.5. The third kappa shape index (κ3) is 5.79. The molecule has 12 rings (SSSR count). The summed E-state index contributed by atoms with van der Waals surface area (Å²) in [5.41, 5.74) is 19.4. The molecule has 2 heteroatoms. The standard InChI is InChI=1S/C61H44N2/c1-61(2)53-34-17-15-29-49(53)59-54(61)40-52(58-50-30-16-18-35-56(50)63(60(58)59)45-27-13-6-14-28-45)47-31-19-33-48-46(47)32-20-36-55(48)62(44-25-11-5-12-26-44)57-38-37-43(41-21-7-3-8-22-41)39-51(57)42-23-9-4-10-24-42/h3-40H,1-2H3. The molecule has 1 aromatic heterocycles. The molecule has 1 heterocycles. The summed E-state index contributed by atoms with van der Waals surface area (Å²) in [4.78, 5) is 2.46. The minimum absolute atomic E-state index is 0.202. The van der Waals surface area contributed by atoms with Crippen LogP contribution < -0.4 is 4.90 Å². The summed E-state index contributed by atoms with van der Waals surface area (Å²) in [5, 5.41) is 4.93. The van der Waals surface area contributed by atoms with E-state index in [4.69, 9.17) is 0 Å². The number of benzene rings is 10. The predicted octanol–water partition coefficient (Wildman–Crippen LogP) is 16.7. The normalized spacial score (nSPS) is 12.7. The van der Waals surface area contributed by atoms with Crippen LogP contribution in [-0.4, -0.2) is 4.57 Å². The minimum Gasteiger partial charge on any atom is -0.309 e. The second kappa shape index (κ2) is 14.6. The van der Waals surface area contributed by atoms with E-state index in [9.17, 15) is 0 Å². The molecule has 0 atom stereocenters. The highest BCUT2D eigenvalue weighted by atomic mass is 15.1. The van der Waals surface area contributed by atoms with Crippen molar-refractivity contribution in [3.63, 3.8) is 0 Å². The summed E-state index contributed by atoms with van der Waals surface area (Å²) in [5.74, 6) is 0. The van der Waals surface area contributed by atoms with Crippen molar-refractivity contribution in [2.24, 2.45) is 0 Å². The predicted molar refractivity (Wildman–Crippen MR) is 267 cm³/mol. The summed E-state index contributed by atoms with van der Waals surface area (Å²) in [7, 11) is 0. The maximum atomic E-state index is 2.53. The number of anilines is 3. The molecule has 298 valence electrons. The number of aromatic nitrogens is 1. The van der Waals surface area contributed by atoms with Crippen molar-refractivity contribution in [2.75, 3.05) is 4.90 Å².